The fourth-order valence-corrected chi connectivity index (χ4v) is 2.57. The molecule has 0 saturated heterocycles. The monoisotopic (exact) mass is 246 g/mol. The molecule has 0 saturated carbocycles. The van der Waals surface area contributed by atoms with E-state index in [9.17, 15) is 0 Å². The Balaban J connectivity index is 1.90. The third-order valence-corrected chi connectivity index (χ3v) is 3.72. The average molecular weight is 246 g/mol. The van der Waals surface area contributed by atoms with Gasteiger partial charge in [0.1, 0.15) is 0 Å². The van der Waals surface area contributed by atoms with E-state index in [2.05, 4.69) is 49.3 Å². The molecule has 0 radical (unpaired) electrons. The van der Waals surface area contributed by atoms with Crippen molar-refractivity contribution >= 4 is 5.69 Å². The summed E-state index contributed by atoms with van der Waals surface area (Å²) in [5, 5.41) is 3.54. The molecular formula is C16H26N2. The van der Waals surface area contributed by atoms with Gasteiger partial charge in [-0.25, -0.2) is 0 Å². The lowest BCUT2D eigenvalue weighted by molar-refractivity contribution is 0.537. The van der Waals surface area contributed by atoms with Crippen molar-refractivity contribution in [2.75, 3.05) is 25.0 Å². The number of nitrogens with one attached hydrogen (secondary N) is 1. The van der Waals surface area contributed by atoms with Gasteiger partial charge in [0.15, 0.2) is 0 Å². The van der Waals surface area contributed by atoms with Gasteiger partial charge in [0, 0.05) is 25.8 Å². The van der Waals surface area contributed by atoms with Gasteiger partial charge in [-0.15, -0.1) is 0 Å². The average Bonchev–Trinajstić information content (AvgIpc) is 2.35. The summed E-state index contributed by atoms with van der Waals surface area (Å²) in [6.07, 6.45) is 3.78. The number of anilines is 1. The molecule has 100 valence electrons. The van der Waals surface area contributed by atoms with Crippen molar-refractivity contribution in [3.63, 3.8) is 0 Å². The van der Waals surface area contributed by atoms with Crippen molar-refractivity contribution < 1.29 is 0 Å². The lowest BCUT2D eigenvalue weighted by Gasteiger charge is -2.27. The topological polar surface area (TPSA) is 15.3 Å². The summed E-state index contributed by atoms with van der Waals surface area (Å²) < 4.78 is 0. The zero-order valence-electron chi connectivity index (χ0n) is 12.0. The Morgan fingerprint density at radius 2 is 2.17 bits per heavy atom. The molecule has 0 atom stereocenters. The Bertz CT molecular complexity index is 385. The number of hydrogen-bond donors (Lipinski definition) is 1. The zero-order valence-corrected chi connectivity index (χ0v) is 12.0. The number of nitrogens with zero attached hydrogens (tertiary/aromatic N) is 1. The third kappa shape index (κ3) is 3.49. The van der Waals surface area contributed by atoms with Crippen LogP contribution in [-0.2, 0) is 13.0 Å². The summed E-state index contributed by atoms with van der Waals surface area (Å²) in [6, 6.07) is 6.93. The first kappa shape index (κ1) is 13.4. The Morgan fingerprint density at radius 1 is 1.33 bits per heavy atom. The van der Waals surface area contributed by atoms with E-state index in [1.807, 2.05) is 0 Å². The van der Waals surface area contributed by atoms with Crippen molar-refractivity contribution in [2.24, 2.45) is 5.92 Å². The molecule has 0 aromatic heterocycles. The van der Waals surface area contributed by atoms with Crippen molar-refractivity contribution in [3.05, 3.63) is 29.3 Å². The van der Waals surface area contributed by atoms with E-state index in [0.717, 1.165) is 19.0 Å². The van der Waals surface area contributed by atoms with Gasteiger partial charge in [-0.1, -0.05) is 26.0 Å². The fraction of sp³-hybridized carbons (Fsp3) is 0.625. The predicted octanol–water partition coefficient (Wildman–Crippen LogP) is 3.20. The van der Waals surface area contributed by atoms with Crippen LogP contribution in [0.25, 0.3) is 0 Å². The number of hydrogen-bond acceptors (Lipinski definition) is 2. The molecule has 1 aromatic carbocycles. The highest BCUT2D eigenvalue weighted by Gasteiger charge is 2.13. The SMILES string of the molecule is CC(C)CCNCc1ccc2c(c1)CCCN2C. The Hall–Kier alpha value is -1.02. The van der Waals surface area contributed by atoms with Crippen molar-refractivity contribution in [3.8, 4) is 0 Å². The molecular weight excluding hydrogens is 220 g/mol. The molecule has 1 aliphatic heterocycles. The molecule has 2 nitrogen and oxygen atoms in total. The molecule has 2 rings (SSSR count). The van der Waals surface area contributed by atoms with Crippen LogP contribution in [0.5, 0.6) is 0 Å². The van der Waals surface area contributed by atoms with Crippen LogP contribution in [0.3, 0.4) is 0 Å². The van der Waals surface area contributed by atoms with Crippen LogP contribution < -0.4 is 10.2 Å². The molecule has 18 heavy (non-hydrogen) atoms. The summed E-state index contributed by atoms with van der Waals surface area (Å²) in [5.41, 5.74) is 4.37. The third-order valence-electron chi connectivity index (χ3n) is 3.72. The van der Waals surface area contributed by atoms with Gasteiger partial charge in [0.05, 0.1) is 0 Å². The zero-order chi connectivity index (χ0) is 13.0. The van der Waals surface area contributed by atoms with E-state index >= 15 is 0 Å². The first-order valence-corrected chi connectivity index (χ1v) is 7.20. The lowest BCUT2D eigenvalue weighted by atomic mass is 9.99. The maximum absolute atomic E-state index is 3.54. The van der Waals surface area contributed by atoms with Crippen LogP contribution in [0.2, 0.25) is 0 Å². The Kier molecular flexibility index (Phi) is 4.65. The number of benzene rings is 1. The molecule has 0 amide bonds. The van der Waals surface area contributed by atoms with Crippen LogP contribution in [0.4, 0.5) is 5.69 Å². The van der Waals surface area contributed by atoms with Gasteiger partial charge in [0.2, 0.25) is 0 Å². The van der Waals surface area contributed by atoms with Gasteiger partial charge in [-0.05, 0) is 48.9 Å². The van der Waals surface area contributed by atoms with Gasteiger partial charge in [-0.2, -0.15) is 0 Å². The molecule has 0 spiro atoms. The van der Waals surface area contributed by atoms with E-state index in [1.165, 1.54) is 42.6 Å². The standard InChI is InChI=1S/C16H26N2/c1-13(2)8-9-17-12-14-6-7-16-15(11-14)5-4-10-18(16)3/h6-7,11,13,17H,4-5,8-10,12H2,1-3H3. The number of fused-ring (bicyclic) bond motifs is 1. The molecule has 2 heteroatoms. The number of rotatable bonds is 5. The van der Waals surface area contributed by atoms with Gasteiger partial charge in [-0.3, -0.25) is 0 Å². The highest BCUT2D eigenvalue weighted by molar-refractivity contribution is 5.56. The number of aryl methyl sites for hydroxylation is 1. The molecule has 0 fully saturated rings. The van der Waals surface area contributed by atoms with Crippen LogP contribution >= 0.6 is 0 Å². The Morgan fingerprint density at radius 3 is 2.94 bits per heavy atom. The van der Waals surface area contributed by atoms with Crippen LogP contribution in [0.1, 0.15) is 37.8 Å². The van der Waals surface area contributed by atoms with Crippen LogP contribution in [-0.4, -0.2) is 20.1 Å². The smallest absolute Gasteiger partial charge is 0.0396 e. The first-order chi connectivity index (χ1) is 8.66. The second-order valence-corrected chi connectivity index (χ2v) is 5.85. The lowest BCUT2D eigenvalue weighted by Crippen LogP contribution is -2.25. The minimum absolute atomic E-state index is 0.787. The molecule has 1 aromatic rings. The van der Waals surface area contributed by atoms with Crippen molar-refractivity contribution in [1.82, 2.24) is 5.32 Å². The summed E-state index contributed by atoms with van der Waals surface area (Å²) >= 11 is 0. The molecule has 0 unspecified atom stereocenters. The molecule has 1 N–H and O–H groups in total. The van der Waals surface area contributed by atoms with E-state index in [0.29, 0.717) is 0 Å². The van der Waals surface area contributed by atoms with Gasteiger partial charge in [0.25, 0.3) is 0 Å². The quantitative estimate of drug-likeness (QED) is 0.803. The predicted molar refractivity (Wildman–Crippen MR) is 79.2 cm³/mol. The highest BCUT2D eigenvalue weighted by atomic mass is 15.1. The molecule has 1 heterocycles. The maximum Gasteiger partial charge on any atom is 0.0396 e. The van der Waals surface area contributed by atoms with E-state index in [-0.39, 0.29) is 0 Å². The van der Waals surface area contributed by atoms with Crippen molar-refractivity contribution in [1.29, 1.82) is 0 Å². The largest absolute Gasteiger partial charge is 0.374 e. The Labute approximate surface area is 111 Å². The van der Waals surface area contributed by atoms with E-state index in [4.69, 9.17) is 0 Å². The van der Waals surface area contributed by atoms with Gasteiger partial charge < -0.3 is 10.2 Å². The molecule has 1 aliphatic rings. The minimum atomic E-state index is 0.787. The fourth-order valence-electron chi connectivity index (χ4n) is 2.57. The minimum Gasteiger partial charge on any atom is -0.374 e. The molecule has 0 aliphatic carbocycles. The maximum atomic E-state index is 3.54. The summed E-state index contributed by atoms with van der Waals surface area (Å²) in [6.45, 7) is 7.87. The summed E-state index contributed by atoms with van der Waals surface area (Å²) in [5.74, 6) is 0.787. The van der Waals surface area contributed by atoms with Crippen molar-refractivity contribution in [2.45, 2.75) is 39.7 Å². The summed E-state index contributed by atoms with van der Waals surface area (Å²) in [7, 11) is 2.19. The van der Waals surface area contributed by atoms with Gasteiger partial charge >= 0.3 is 0 Å². The second kappa shape index (κ2) is 6.24. The first-order valence-electron chi connectivity index (χ1n) is 7.20. The second-order valence-electron chi connectivity index (χ2n) is 5.85. The van der Waals surface area contributed by atoms with Crippen LogP contribution in [0.15, 0.2) is 18.2 Å². The highest BCUT2D eigenvalue weighted by Crippen LogP contribution is 2.26. The van der Waals surface area contributed by atoms with Crippen LogP contribution in [0, 0.1) is 5.92 Å². The van der Waals surface area contributed by atoms with E-state index in [1.54, 1.807) is 0 Å². The molecule has 0 bridgehead atoms. The summed E-state index contributed by atoms with van der Waals surface area (Å²) in [4.78, 5) is 2.37. The normalized spacial score (nSPS) is 15.0. The van der Waals surface area contributed by atoms with E-state index < -0.39 is 0 Å².